The van der Waals surface area contributed by atoms with Crippen LogP contribution in [-0.2, 0) is 6.54 Å². The van der Waals surface area contributed by atoms with Crippen LogP contribution >= 0.6 is 0 Å². The summed E-state index contributed by atoms with van der Waals surface area (Å²) in [7, 11) is 0. The summed E-state index contributed by atoms with van der Waals surface area (Å²) in [6.07, 6.45) is 8.70. The molecule has 2 amide bonds. The first-order chi connectivity index (χ1) is 13.3. The minimum absolute atomic E-state index is 0.0705. The molecule has 27 heavy (non-hydrogen) atoms. The van der Waals surface area contributed by atoms with Crippen molar-refractivity contribution >= 4 is 11.7 Å². The molecule has 5 rings (SSSR count). The van der Waals surface area contributed by atoms with Crippen LogP contribution in [0.2, 0.25) is 0 Å². The lowest BCUT2D eigenvalue weighted by Crippen LogP contribution is -2.42. The molecule has 1 saturated carbocycles. The molecule has 0 bridgehead atoms. The van der Waals surface area contributed by atoms with E-state index in [1.165, 1.54) is 12.8 Å². The smallest absolute Gasteiger partial charge is 0.321 e. The molecule has 1 saturated heterocycles. The van der Waals surface area contributed by atoms with Crippen LogP contribution in [0, 0.1) is 5.92 Å². The van der Waals surface area contributed by atoms with Crippen molar-refractivity contribution in [1.29, 1.82) is 0 Å². The molecule has 2 fully saturated rings. The molecular weight excluding hydrogens is 344 g/mol. The summed E-state index contributed by atoms with van der Waals surface area (Å²) in [4.78, 5) is 19.3. The second-order valence-electron chi connectivity index (χ2n) is 7.66. The van der Waals surface area contributed by atoms with Gasteiger partial charge in [0, 0.05) is 49.7 Å². The van der Waals surface area contributed by atoms with Gasteiger partial charge in [0.15, 0.2) is 11.5 Å². The predicted molar refractivity (Wildman–Crippen MR) is 100 cm³/mol. The Morgan fingerprint density at radius 1 is 1.22 bits per heavy atom. The number of hydrogen-bond acceptors (Lipinski definition) is 4. The number of nitrogens with one attached hydrogen (secondary N) is 1. The van der Waals surface area contributed by atoms with E-state index in [9.17, 15) is 4.79 Å². The quantitative estimate of drug-likeness (QED) is 0.898. The molecule has 7 nitrogen and oxygen atoms in total. The third kappa shape index (κ3) is 3.46. The largest absolute Gasteiger partial charge is 0.454 e. The Bertz CT molecular complexity index is 846. The van der Waals surface area contributed by atoms with E-state index in [1.54, 1.807) is 0 Å². The van der Waals surface area contributed by atoms with E-state index >= 15 is 0 Å². The van der Waals surface area contributed by atoms with Gasteiger partial charge in [0.2, 0.25) is 6.79 Å². The van der Waals surface area contributed by atoms with Gasteiger partial charge in [-0.15, -0.1) is 0 Å². The van der Waals surface area contributed by atoms with Crippen LogP contribution in [0.1, 0.15) is 37.4 Å². The average Bonchev–Trinajstić information content (AvgIpc) is 3.17. The number of hydrogen-bond donors (Lipinski definition) is 1. The first-order valence-electron chi connectivity index (χ1n) is 9.73. The van der Waals surface area contributed by atoms with Crippen molar-refractivity contribution in [3.8, 4) is 11.5 Å². The van der Waals surface area contributed by atoms with Gasteiger partial charge in [-0.1, -0.05) is 0 Å². The minimum atomic E-state index is -0.0705. The lowest BCUT2D eigenvalue weighted by molar-refractivity contribution is 0.174. The van der Waals surface area contributed by atoms with Crippen LogP contribution in [0.15, 0.2) is 30.6 Å². The molecule has 0 radical (unpaired) electrons. The number of nitrogens with zero attached hydrogens (tertiary/aromatic N) is 3. The summed E-state index contributed by atoms with van der Waals surface area (Å²) in [6.45, 7) is 2.78. The zero-order chi connectivity index (χ0) is 18.2. The molecule has 142 valence electrons. The number of carbonyl (C=O) groups excluding carboxylic acids is 1. The highest BCUT2D eigenvalue weighted by Crippen LogP contribution is 2.35. The number of fused-ring (bicyclic) bond motifs is 1. The van der Waals surface area contributed by atoms with Gasteiger partial charge in [-0.05, 0) is 43.7 Å². The number of amides is 2. The van der Waals surface area contributed by atoms with Gasteiger partial charge in [-0.3, -0.25) is 0 Å². The van der Waals surface area contributed by atoms with Crippen molar-refractivity contribution in [3.05, 3.63) is 36.4 Å². The van der Waals surface area contributed by atoms with E-state index in [-0.39, 0.29) is 12.8 Å². The molecule has 1 aromatic carbocycles. The Labute approximate surface area is 158 Å². The number of piperidine rings is 1. The molecule has 0 spiro atoms. The van der Waals surface area contributed by atoms with Crippen LogP contribution in [0.25, 0.3) is 0 Å². The number of rotatable bonds is 4. The maximum atomic E-state index is 12.8. The molecule has 3 heterocycles. The first-order valence-corrected chi connectivity index (χ1v) is 9.73. The third-order valence-corrected chi connectivity index (χ3v) is 5.60. The van der Waals surface area contributed by atoms with Crippen LogP contribution in [0.4, 0.5) is 10.5 Å². The van der Waals surface area contributed by atoms with Crippen molar-refractivity contribution in [2.24, 2.45) is 5.92 Å². The summed E-state index contributed by atoms with van der Waals surface area (Å²) in [5, 5.41) is 2.99. The lowest BCUT2D eigenvalue weighted by atomic mass is 9.97. The number of likely N-dealkylation sites (tertiary alicyclic amines) is 1. The Balaban J connectivity index is 1.25. The summed E-state index contributed by atoms with van der Waals surface area (Å²) in [6, 6.07) is 5.41. The molecule has 1 atom stereocenters. The fourth-order valence-electron chi connectivity index (χ4n) is 3.96. The van der Waals surface area contributed by atoms with Gasteiger partial charge >= 0.3 is 6.03 Å². The van der Waals surface area contributed by atoms with E-state index in [2.05, 4.69) is 21.1 Å². The summed E-state index contributed by atoms with van der Waals surface area (Å²) >= 11 is 0. The molecule has 1 aliphatic carbocycles. The van der Waals surface area contributed by atoms with Crippen LogP contribution < -0.4 is 14.8 Å². The Morgan fingerprint density at radius 3 is 3.00 bits per heavy atom. The summed E-state index contributed by atoms with van der Waals surface area (Å²) < 4.78 is 13.0. The van der Waals surface area contributed by atoms with E-state index < -0.39 is 0 Å². The number of aromatic nitrogens is 2. The van der Waals surface area contributed by atoms with E-state index in [0.29, 0.717) is 24.0 Å². The predicted octanol–water partition coefficient (Wildman–Crippen LogP) is 3.43. The second-order valence-corrected chi connectivity index (χ2v) is 7.66. The lowest BCUT2D eigenvalue weighted by Gasteiger charge is -2.32. The number of urea groups is 1. The van der Waals surface area contributed by atoms with E-state index in [0.717, 1.165) is 43.4 Å². The summed E-state index contributed by atoms with van der Waals surface area (Å²) in [5.74, 6) is 3.63. The molecule has 0 unspecified atom stereocenters. The number of carbonyl (C=O) groups is 1. The van der Waals surface area contributed by atoms with Gasteiger partial charge in [-0.2, -0.15) is 0 Å². The average molecular weight is 368 g/mol. The summed E-state index contributed by atoms with van der Waals surface area (Å²) in [5.41, 5.74) is 0.724. The van der Waals surface area contributed by atoms with Crippen LogP contribution in [-0.4, -0.2) is 40.4 Å². The molecule has 2 aliphatic heterocycles. The first kappa shape index (κ1) is 16.5. The molecular formula is C20H24N4O3. The van der Waals surface area contributed by atoms with Gasteiger partial charge in [-0.25, -0.2) is 9.78 Å². The monoisotopic (exact) mass is 368 g/mol. The maximum Gasteiger partial charge on any atom is 0.321 e. The zero-order valence-electron chi connectivity index (χ0n) is 15.3. The van der Waals surface area contributed by atoms with Crippen molar-refractivity contribution < 1.29 is 14.3 Å². The van der Waals surface area contributed by atoms with Crippen molar-refractivity contribution in [3.63, 3.8) is 0 Å². The molecule has 1 N–H and O–H groups in total. The molecule has 2 aromatic rings. The van der Waals surface area contributed by atoms with E-state index in [1.807, 2.05) is 29.3 Å². The Kier molecular flexibility index (Phi) is 4.14. The van der Waals surface area contributed by atoms with Gasteiger partial charge < -0.3 is 24.3 Å². The molecule has 3 aliphatic rings. The topological polar surface area (TPSA) is 68.6 Å². The van der Waals surface area contributed by atoms with Gasteiger partial charge in [0.1, 0.15) is 5.82 Å². The Hall–Kier alpha value is -2.70. The number of benzene rings is 1. The number of imidazole rings is 1. The van der Waals surface area contributed by atoms with E-state index in [4.69, 9.17) is 9.47 Å². The Morgan fingerprint density at radius 2 is 2.11 bits per heavy atom. The highest BCUT2D eigenvalue weighted by molar-refractivity contribution is 5.89. The van der Waals surface area contributed by atoms with Crippen LogP contribution in [0.3, 0.4) is 0 Å². The fraction of sp³-hybridized carbons (Fsp3) is 0.500. The SMILES string of the molecule is O=C(Nc1ccc2c(c1)OCO2)N1CCC[C@H](c2nccn2CC2CC2)C1. The normalized spacial score (nSPS) is 21.3. The number of anilines is 1. The standard InChI is InChI=1S/C20H24N4O3/c25-20(22-16-5-6-17-18(10-16)27-13-26-17)24-8-1-2-15(12-24)19-21-7-9-23(19)11-14-3-4-14/h5-7,9-10,14-15H,1-4,8,11-13H2,(H,22,25)/t15-/m0/s1. The molecule has 1 aromatic heterocycles. The van der Waals surface area contributed by atoms with Gasteiger partial charge in [0.25, 0.3) is 0 Å². The zero-order valence-corrected chi connectivity index (χ0v) is 15.3. The van der Waals surface area contributed by atoms with Crippen molar-refractivity contribution in [1.82, 2.24) is 14.5 Å². The molecule has 7 heteroatoms. The fourth-order valence-corrected chi connectivity index (χ4v) is 3.96. The third-order valence-electron chi connectivity index (χ3n) is 5.60. The maximum absolute atomic E-state index is 12.8. The highest BCUT2D eigenvalue weighted by atomic mass is 16.7. The minimum Gasteiger partial charge on any atom is -0.454 e. The highest BCUT2D eigenvalue weighted by Gasteiger charge is 2.29. The van der Waals surface area contributed by atoms with Crippen LogP contribution in [0.5, 0.6) is 11.5 Å². The second kappa shape index (κ2) is 6.79. The number of ether oxygens (including phenoxy) is 2. The van der Waals surface area contributed by atoms with Gasteiger partial charge in [0.05, 0.1) is 0 Å². The van der Waals surface area contributed by atoms with Crippen molar-refractivity contribution in [2.75, 3.05) is 25.2 Å². The van der Waals surface area contributed by atoms with Crippen molar-refractivity contribution in [2.45, 2.75) is 38.1 Å².